The molecule has 0 aliphatic heterocycles. The van der Waals surface area contributed by atoms with Gasteiger partial charge in [-0.3, -0.25) is 4.79 Å². The molecule has 0 atom stereocenters. The second kappa shape index (κ2) is 7.68. The molecule has 2 rings (SSSR count). The molecule has 0 aromatic heterocycles. The summed E-state index contributed by atoms with van der Waals surface area (Å²) in [5.41, 5.74) is 0.802. The SMILES string of the molecule is Cc1cccc(CNCC(=O)Nc2ccc(Cl)cc2C(F)(F)F)c1. The van der Waals surface area contributed by atoms with Crippen molar-refractivity contribution in [3.63, 3.8) is 0 Å². The molecule has 24 heavy (non-hydrogen) atoms. The van der Waals surface area contributed by atoms with Crippen molar-refractivity contribution >= 4 is 23.2 Å². The lowest BCUT2D eigenvalue weighted by atomic mass is 10.1. The molecule has 0 saturated heterocycles. The van der Waals surface area contributed by atoms with Crippen LogP contribution in [0.1, 0.15) is 16.7 Å². The molecule has 0 heterocycles. The number of benzene rings is 2. The Labute approximate surface area is 142 Å². The van der Waals surface area contributed by atoms with E-state index in [0.29, 0.717) is 6.54 Å². The van der Waals surface area contributed by atoms with Crippen LogP contribution >= 0.6 is 11.6 Å². The van der Waals surface area contributed by atoms with Crippen LogP contribution in [0.4, 0.5) is 18.9 Å². The average molecular weight is 357 g/mol. The van der Waals surface area contributed by atoms with E-state index in [1.807, 2.05) is 31.2 Å². The molecule has 2 aromatic rings. The maximum Gasteiger partial charge on any atom is 0.418 e. The third-order valence-electron chi connectivity index (χ3n) is 3.26. The number of carbonyl (C=O) groups excluding carboxylic acids is 1. The number of aryl methyl sites for hydroxylation is 1. The maximum absolute atomic E-state index is 13.0. The molecule has 2 aromatic carbocycles. The van der Waals surface area contributed by atoms with Gasteiger partial charge in [0.1, 0.15) is 0 Å². The van der Waals surface area contributed by atoms with E-state index in [4.69, 9.17) is 11.6 Å². The van der Waals surface area contributed by atoms with E-state index in [0.717, 1.165) is 23.3 Å². The Kier molecular flexibility index (Phi) is 5.85. The summed E-state index contributed by atoms with van der Waals surface area (Å²) in [6.45, 7) is 2.30. The molecular formula is C17H16ClF3N2O. The zero-order valence-corrected chi connectivity index (χ0v) is 13.6. The summed E-state index contributed by atoms with van der Waals surface area (Å²) in [4.78, 5) is 11.9. The Morgan fingerprint density at radius 3 is 2.58 bits per heavy atom. The van der Waals surface area contributed by atoms with E-state index in [2.05, 4.69) is 10.6 Å². The summed E-state index contributed by atoms with van der Waals surface area (Å²) in [6.07, 6.45) is -4.59. The van der Waals surface area contributed by atoms with Crippen LogP contribution in [0.25, 0.3) is 0 Å². The standard InChI is InChI=1S/C17H16ClF3N2O/c1-11-3-2-4-12(7-11)9-22-10-16(24)23-15-6-5-13(18)8-14(15)17(19,20)21/h2-8,22H,9-10H2,1H3,(H,23,24). The van der Waals surface area contributed by atoms with E-state index in [1.165, 1.54) is 6.07 Å². The van der Waals surface area contributed by atoms with E-state index in [9.17, 15) is 18.0 Å². The van der Waals surface area contributed by atoms with Gasteiger partial charge in [-0.2, -0.15) is 13.2 Å². The van der Waals surface area contributed by atoms with Gasteiger partial charge in [0.15, 0.2) is 0 Å². The highest BCUT2D eigenvalue weighted by molar-refractivity contribution is 6.30. The summed E-state index contributed by atoms with van der Waals surface area (Å²) in [5.74, 6) is -0.560. The van der Waals surface area contributed by atoms with Gasteiger partial charge in [-0.05, 0) is 30.7 Å². The number of rotatable bonds is 5. The molecule has 0 aliphatic carbocycles. The van der Waals surface area contributed by atoms with Gasteiger partial charge in [-0.25, -0.2) is 0 Å². The molecule has 128 valence electrons. The first-order valence-corrected chi connectivity index (χ1v) is 7.56. The molecule has 0 aliphatic rings. The predicted molar refractivity (Wildman–Crippen MR) is 88.0 cm³/mol. The number of halogens is 4. The van der Waals surface area contributed by atoms with Crippen molar-refractivity contribution in [2.24, 2.45) is 0 Å². The first-order chi connectivity index (χ1) is 11.3. The van der Waals surface area contributed by atoms with Crippen molar-refractivity contribution in [2.45, 2.75) is 19.6 Å². The largest absolute Gasteiger partial charge is 0.418 e. The number of amides is 1. The summed E-state index contributed by atoms with van der Waals surface area (Å²) in [5, 5.41) is 5.12. The van der Waals surface area contributed by atoms with Crippen LogP contribution in [0.2, 0.25) is 5.02 Å². The third-order valence-corrected chi connectivity index (χ3v) is 3.49. The van der Waals surface area contributed by atoms with E-state index < -0.39 is 17.6 Å². The van der Waals surface area contributed by atoms with Gasteiger partial charge in [0.25, 0.3) is 0 Å². The first-order valence-electron chi connectivity index (χ1n) is 7.18. The highest BCUT2D eigenvalue weighted by atomic mass is 35.5. The number of nitrogens with one attached hydrogen (secondary N) is 2. The lowest BCUT2D eigenvalue weighted by Gasteiger charge is -2.14. The lowest BCUT2D eigenvalue weighted by molar-refractivity contribution is -0.137. The van der Waals surface area contributed by atoms with Crippen molar-refractivity contribution in [2.75, 3.05) is 11.9 Å². The smallest absolute Gasteiger partial charge is 0.324 e. The fourth-order valence-electron chi connectivity index (χ4n) is 2.20. The van der Waals surface area contributed by atoms with Gasteiger partial charge in [-0.15, -0.1) is 0 Å². The highest BCUT2D eigenvalue weighted by Crippen LogP contribution is 2.36. The Morgan fingerprint density at radius 2 is 1.92 bits per heavy atom. The summed E-state index contributed by atoms with van der Waals surface area (Å²) in [7, 11) is 0. The molecule has 0 fully saturated rings. The van der Waals surface area contributed by atoms with E-state index >= 15 is 0 Å². The summed E-state index contributed by atoms with van der Waals surface area (Å²) >= 11 is 5.60. The van der Waals surface area contributed by atoms with Crippen LogP contribution in [-0.2, 0) is 17.5 Å². The Morgan fingerprint density at radius 1 is 1.17 bits per heavy atom. The number of hydrogen-bond acceptors (Lipinski definition) is 2. The normalized spacial score (nSPS) is 11.4. The maximum atomic E-state index is 13.0. The monoisotopic (exact) mass is 356 g/mol. The van der Waals surface area contributed by atoms with Crippen molar-refractivity contribution in [3.05, 3.63) is 64.2 Å². The number of hydrogen-bond donors (Lipinski definition) is 2. The van der Waals surface area contributed by atoms with Crippen LogP contribution in [0.3, 0.4) is 0 Å². The highest BCUT2D eigenvalue weighted by Gasteiger charge is 2.34. The molecule has 0 radical (unpaired) electrons. The predicted octanol–water partition coefficient (Wildman–Crippen LogP) is 4.40. The molecule has 0 saturated carbocycles. The van der Waals surface area contributed by atoms with Crippen LogP contribution in [0.15, 0.2) is 42.5 Å². The van der Waals surface area contributed by atoms with E-state index in [-0.39, 0.29) is 17.3 Å². The van der Waals surface area contributed by atoms with Crippen molar-refractivity contribution < 1.29 is 18.0 Å². The zero-order chi connectivity index (χ0) is 17.7. The fraction of sp³-hybridized carbons (Fsp3) is 0.235. The van der Waals surface area contributed by atoms with Gasteiger partial charge in [0.2, 0.25) is 5.91 Å². The topological polar surface area (TPSA) is 41.1 Å². The zero-order valence-electron chi connectivity index (χ0n) is 12.9. The Hall–Kier alpha value is -2.05. The minimum absolute atomic E-state index is 0.0436. The number of anilines is 1. The second-order valence-corrected chi connectivity index (χ2v) is 5.76. The van der Waals surface area contributed by atoms with Crippen LogP contribution in [-0.4, -0.2) is 12.5 Å². The second-order valence-electron chi connectivity index (χ2n) is 5.33. The van der Waals surface area contributed by atoms with Crippen molar-refractivity contribution in [1.29, 1.82) is 0 Å². The van der Waals surface area contributed by atoms with Gasteiger partial charge in [-0.1, -0.05) is 41.4 Å². The van der Waals surface area contributed by atoms with Crippen LogP contribution < -0.4 is 10.6 Å². The molecular weight excluding hydrogens is 341 g/mol. The van der Waals surface area contributed by atoms with Gasteiger partial charge >= 0.3 is 6.18 Å². The average Bonchev–Trinajstić information content (AvgIpc) is 2.48. The fourth-order valence-corrected chi connectivity index (χ4v) is 2.37. The van der Waals surface area contributed by atoms with Crippen LogP contribution in [0, 0.1) is 6.92 Å². The minimum atomic E-state index is -4.59. The summed E-state index contributed by atoms with van der Waals surface area (Å²) < 4.78 is 38.9. The molecule has 2 N–H and O–H groups in total. The molecule has 3 nitrogen and oxygen atoms in total. The molecule has 0 bridgehead atoms. The van der Waals surface area contributed by atoms with E-state index in [1.54, 1.807) is 0 Å². The summed E-state index contributed by atoms with van der Waals surface area (Å²) in [6, 6.07) is 10.9. The third kappa shape index (κ3) is 5.25. The van der Waals surface area contributed by atoms with Crippen molar-refractivity contribution in [3.8, 4) is 0 Å². The first kappa shape index (κ1) is 18.3. The number of alkyl halides is 3. The molecule has 1 amide bonds. The minimum Gasteiger partial charge on any atom is -0.324 e. The molecule has 0 unspecified atom stereocenters. The Balaban J connectivity index is 1.95. The van der Waals surface area contributed by atoms with Crippen molar-refractivity contribution in [1.82, 2.24) is 5.32 Å². The van der Waals surface area contributed by atoms with Gasteiger partial charge in [0.05, 0.1) is 17.8 Å². The van der Waals surface area contributed by atoms with Gasteiger partial charge in [0, 0.05) is 11.6 Å². The number of carbonyl (C=O) groups is 1. The van der Waals surface area contributed by atoms with Crippen LogP contribution in [0.5, 0.6) is 0 Å². The molecule has 7 heteroatoms. The molecule has 0 spiro atoms. The van der Waals surface area contributed by atoms with Gasteiger partial charge < -0.3 is 10.6 Å². The Bertz CT molecular complexity index is 732. The lowest BCUT2D eigenvalue weighted by Crippen LogP contribution is -2.28. The quantitative estimate of drug-likeness (QED) is 0.834.